The average Bonchev–Trinajstić information content (AvgIpc) is 2.46. The van der Waals surface area contributed by atoms with Crippen molar-refractivity contribution in [2.24, 2.45) is 11.3 Å². The highest BCUT2D eigenvalue weighted by Gasteiger charge is 2.28. The third-order valence-electron chi connectivity index (χ3n) is 5.26. The summed E-state index contributed by atoms with van der Waals surface area (Å²) in [5, 5.41) is 3.57. The highest BCUT2D eigenvalue weighted by atomic mass is 15.1. The first-order valence-electron chi connectivity index (χ1n) is 8.63. The highest BCUT2D eigenvalue weighted by Crippen LogP contribution is 2.27. The first-order valence-corrected chi connectivity index (χ1v) is 8.63. The summed E-state index contributed by atoms with van der Waals surface area (Å²) >= 11 is 0. The van der Waals surface area contributed by atoms with Crippen LogP contribution in [-0.2, 0) is 0 Å². The van der Waals surface area contributed by atoms with Crippen LogP contribution in [0.4, 0.5) is 0 Å². The molecular weight excluding hydrogens is 246 g/mol. The van der Waals surface area contributed by atoms with Crippen LogP contribution in [0, 0.1) is 11.3 Å². The first-order chi connectivity index (χ1) is 9.55. The van der Waals surface area contributed by atoms with E-state index in [2.05, 4.69) is 50.0 Å². The summed E-state index contributed by atoms with van der Waals surface area (Å²) in [6.45, 7) is 14.2. The summed E-state index contributed by atoms with van der Waals surface area (Å²) in [4.78, 5) is 5.06. The summed E-state index contributed by atoms with van der Waals surface area (Å²) in [7, 11) is 4.57. The molecule has 1 fully saturated rings. The average molecular weight is 284 g/mol. The molecular formula is C17H37N3. The van der Waals surface area contributed by atoms with E-state index < -0.39 is 0 Å². The molecule has 0 unspecified atom stereocenters. The molecule has 3 nitrogen and oxygen atoms in total. The van der Waals surface area contributed by atoms with Crippen molar-refractivity contribution in [3.8, 4) is 0 Å². The maximum atomic E-state index is 3.57. The molecule has 1 aliphatic rings. The highest BCUT2D eigenvalue weighted by molar-refractivity contribution is 4.83. The van der Waals surface area contributed by atoms with Gasteiger partial charge in [-0.25, -0.2) is 0 Å². The van der Waals surface area contributed by atoms with Crippen LogP contribution in [0.3, 0.4) is 0 Å². The van der Waals surface area contributed by atoms with Gasteiger partial charge in [0.05, 0.1) is 0 Å². The lowest BCUT2D eigenvalue weighted by atomic mass is 9.81. The van der Waals surface area contributed by atoms with E-state index in [9.17, 15) is 0 Å². The van der Waals surface area contributed by atoms with Crippen LogP contribution in [0.1, 0.15) is 46.5 Å². The molecule has 0 aromatic carbocycles. The van der Waals surface area contributed by atoms with Crippen LogP contribution in [0.2, 0.25) is 0 Å². The molecule has 1 heterocycles. The summed E-state index contributed by atoms with van der Waals surface area (Å²) < 4.78 is 0. The second-order valence-corrected chi connectivity index (χ2v) is 6.93. The molecule has 1 rings (SSSR count). The van der Waals surface area contributed by atoms with Crippen LogP contribution >= 0.6 is 0 Å². The van der Waals surface area contributed by atoms with Gasteiger partial charge in [-0.1, -0.05) is 20.8 Å². The van der Waals surface area contributed by atoms with Crippen molar-refractivity contribution in [1.29, 1.82) is 0 Å². The number of nitrogens with zero attached hydrogens (tertiary/aromatic N) is 2. The molecule has 0 amide bonds. The zero-order valence-corrected chi connectivity index (χ0v) is 14.5. The predicted octanol–water partition coefficient (Wildman–Crippen LogP) is 2.68. The second-order valence-electron chi connectivity index (χ2n) is 6.93. The maximum absolute atomic E-state index is 3.57. The second kappa shape index (κ2) is 9.01. The Kier molecular flexibility index (Phi) is 8.08. The fourth-order valence-corrected chi connectivity index (χ4v) is 3.49. The number of rotatable bonds is 9. The van der Waals surface area contributed by atoms with Crippen LogP contribution in [0.15, 0.2) is 0 Å². The summed E-state index contributed by atoms with van der Waals surface area (Å²) in [6, 6.07) is 0. The van der Waals surface area contributed by atoms with E-state index in [1.807, 2.05) is 0 Å². The normalized spacial score (nSPS) is 18.9. The molecule has 0 aromatic rings. The van der Waals surface area contributed by atoms with Gasteiger partial charge in [0.1, 0.15) is 0 Å². The van der Waals surface area contributed by atoms with Gasteiger partial charge in [0.2, 0.25) is 0 Å². The molecule has 0 aliphatic carbocycles. The number of hydrogen-bond donors (Lipinski definition) is 1. The minimum Gasteiger partial charge on any atom is -0.316 e. The summed E-state index contributed by atoms with van der Waals surface area (Å²) in [5.41, 5.74) is 0.455. The predicted molar refractivity (Wildman–Crippen MR) is 89.3 cm³/mol. The number of piperidine rings is 1. The SMILES string of the molecule is CCNCC(CC)(CC)CN(C)CC1CCN(C)CC1. The van der Waals surface area contributed by atoms with Crippen LogP contribution in [-0.4, -0.2) is 63.2 Å². The standard InChI is InChI=1S/C17H37N3/c1-6-17(7-2,14-18-8-3)15-20(5)13-16-9-11-19(4)12-10-16/h16,18H,6-15H2,1-5H3. The Morgan fingerprint density at radius 2 is 1.75 bits per heavy atom. The lowest BCUT2D eigenvalue weighted by Crippen LogP contribution is -2.44. The van der Waals surface area contributed by atoms with E-state index in [-0.39, 0.29) is 0 Å². The van der Waals surface area contributed by atoms with Crippen molar-refractivity contribution in [3.63, 3.8) is 0 Å². The Balaban J connectivity index is 2.42. The van der Waals surface area contributed by atoms with Gasteiger partial charge in [-0.3, -0.25) is 0 Å². The summed E-state index contributed by atoms with van der Waals surface area (Å²) in [6.07, 6.45) is 5.29. The van der Waals surface area contributed by atoms with Crippen LogP contribution < -0.4 is 5.32 Å². The van der Waals surface area contributed by atoms with Gasteiger partial charge in [0.25, 0.3) is 0 Å². The maximum Gasteiger partial charge on any atom is 0.00470 e. The molecule has 1 aliphatic heterocycles. The van der Waals surface area contributed by atoms with Crippen molar-refractivity contribution in [3.05, 3.63) is 0 Å². The van der Waals surface area contributed by atoms with Gasteiger partial charge in [-0.15, -0.1) is 0 Å². The fraction of sp³-hybridized carbons (Fsp3) is 1.00. The molecule has 120 valence electrons. The molecule has 0 radical (unpaired) electrons. The molecule has 0 aromatic heterocycles. The molecule has 20 heavy (non-hydrogen) atoms. The third-order valence-corrected chi connectivity index (χ3v) is 5.26. The molecule has 0 atom stereocenters. The Labute approximate surface area is 127 Å². The van der Waals surface area contributed by atoms with Gasteiger partial charge in [0.15, 0.2) is 0 Å². The van der Waals surface area contributed by atoms with E-state index in [0.717, 1.165) is 19.0 Å². The lowest BCUT2D eigenvalue weighted by Gasteiger charge is -2.38. The van der Waals surface area contributed by atoms with Crippen LogP contribution in [0.25, 0.3) is 0 Å². The third kappa shape index (κ3) is 5.71. The van der Waals surface area contributed by atoms with Gasteiger partial charge in [-0.05, 0) is 70.7 Å². The molecule has 1 N–H and O–H groups in total. The largest absolute Gasteiger partial charge is 0.316 e. The Hall–Kier alpha value is -0.120. The Morgan fingerprint density at radius 1 is 1.15 bits per heavy atom. The Bertz CT molecular complexity index is 243. The molecule has 0 saturated carbocycles. The van der Waals surface area contributed by atoms with E-state index in [0.29, 0.717) is 5.41 Å². The molecule has 0 spiro atoms. The fourth-order valence-electron chi connectivity index (χ4n) is 3.49. The smallest absolute Gasteiger partial charge is 0.00470 e. The van der Waals surface area contributed by atoms with Crippen molar-refractivity contribution < 1.29 is 0 Å². The van der Waals surface area contributed by atoms with Gasteiger partial charge < -0.3 is 15.1 Å². The lowest BCUT2D eigenvalue weighted by molar-refractivity contribution is 0.120. The Morgan fingerprint density at radius 3 is 2.25 bits per heavy atom. The van der Waals surface area contributed by atoms with E-state index in [4.69, 9.17) is 0 Å². The number of likely N-dealkylation sites (tertiary alicyclic amines) is 1. The van der Waals surface area contributed by atoms with E-state index in [1.165, 1.54) is 51.9 Å². The monoisotopic (exact) mass is 283 g/mol. The zero-order valence-electron chi connectivity index (χ0n) is 14.5. The quantitative estimate of drug-likeness (QED) is 0.702. The first kappa shape index (κ1) is 17.9. The number of hydrogen-bond acceptors (Lipinski definition) is 3. The van der Waals surface area contributed by atoms with Gasteiger partial charge in [-0.2, -0.15) is 0 Å². The van der Waals surface area contributed by atoms with Gasteiger partial charge >= 0.3 is 0 Å². The van der Waals surface area contributed by atoms with Gasteiger partial charge in [0, 0.05) is 19.6 Å². The van der Waals surface area contributed by atoms with Crippen molar-refractivity contribution >= 4 is 0 Å². The number of nitrogens with one attached hydrogen (secondary N) is 1. The van der Waals surface area contributed by atoms with Crippen LogP contribution in [0.5, 0.6) is 0 Å². The minimum atomic E-state index is 0.455. The summed E-state index contributed by atoms with van der Waals surface area (Å²) in [5.74, 6) is 0.904. The van der Waals surface area contributed by atoms with E-state index >= 15 is 0 Å². The zero-order chi connectivity index (χ0) is 15.0. The molecule has 0 bridgehead atoms. The van der Waals surface area contributed by atoms with Crippen molar-refractivity contribution in [1.82, 2.24) is 15.1 Å². The van der Waals surface area contributed by atoms with E-state index in [1.54, 1.807) is 0 Å². The molecule has 1 saturated heterocycles. The minimum absolute atomic E-state index is 0.455. The molecule has 3 heteroatoms. The topological polar surface area (TPSA) is 18.5 Å². The van der Waals surface area contributed by atoms with Crippen molar-refractivity contribution in [2.75, 3.05) is 53.4 Å². The van der Waals surface area contributed by atoms with Crippen molar-refractivity contribution in [2.45, 2.75) is 46.5 Å².